The molecule has 0 aliphatic carbocycles. The number of alkyl halides is 3. The number of aliphatic hydroxyl groups excluding tert-OH is 1. The first-order valence-electron chi connectivity index (χ1n) is 9.27. The molecule has 1 spiro atoms. The maximum absolute atomic E-state index is 12.6. The molecular weight excluding hydrogens is 411 g/mol. The van der Waals surface area contributed by atoms with Gasteiger partial charge in [-0.3, -0.25) is 9.69 Å². The Morgan fingerprint density at radius 1 is 1.24 bits per heavy atom. The molecule has 1 amide bonds. The fourth-order valence-electron chi connectivity index (χ4n) is 4.27. The second kappa shape index (κ2) is 7.86. The highest BCUT2D eigenvalue weighted by Crippen LogP contribution is 2.40. The number of rotatable bonds is 4. The number of nitrogens with one attached hydrogen (secondary N) is 1. The second-order valence-electron chi connectivity index (χ2n) is 7.67. The molecule has 2 fully saturated rings. The van der Waals surface area contributed by atoms with Gasteiger partial charge in [-0.25, -0.2) is 8.42 Å². The summed E-state index contributed by atoms with van der Waals surface area (Å²) in [5.74, 6) is -0.417. The van der Waals surface area contributed by atoms with Gasteiger partial charge in [0.25, 0.3) is 0 Å². The Labute approximate surface area is 167 Å². The van der Waals surface area contributed by atoms with E-state index in [9.17, 15) is 31.5 Å². The van der Waals surface area contributed by atoms with Crippen molar-refractivity contribution >= 4 is 21.6 Å². The number of halogens is 3. The van der Waals surface area contributed by atoms with Crippen LogP contribution in [0.25, 0.3) is 0 Å². The first-order valence-corrected chi connectivity index (χ1v) is 11.1. The highest BCUT2D eigenvalue weighted by Gasteiger charge is 2.52. The summed E-state index contributed by atoms with van der Waals surface area (Å²) in [6.45, 7) is 0.910. The van der Waals surface area contributed by atoms with E-state index in [1.165, 1.54) is 16.4 Å². The summed E-state index contributed by atoms with van der Waals surface area (Å²) in [5.41, 5.74) is -1.38. The number of benzene rings is 1. The Hall–Kier alpha value is -1.69. The highest BCUT2D eigenvalue weighted by molar-refractivity contribution is 7.88. The van der Waals surface area contributed by atoms with Crippen LogP contribution in [-0.2, 0) is 21.0 Å². The second-order valence-corrected chi connectivity index (χ2v) is 9.57. The van der Waals surface area contributed by atoms with E-state index >= 15 is 0 Å². The average Bonchev–Trinajstić information content (AvgIpc) is 3.03. The molecular formula is C18H24F3N3O4S. The molecule has 0 aromatic heterocycles. The number of hydrogen-bond acceptors (Lipinski definition) is 5. The molecule has 3 rings (SSSR count). The average molecular weight is 435 g/mol. The molecule has 0 bridgehead atoms. The van der Waals surface area contributed by atoms with Gasteiger partial charge < -0.3 is 10.4 Å². The Balaban J connectivity index is 1.58. The number of carbonyl (C=O) groups is 1. The minimum absolute atomic E-state index is 0.0486. The highest BCUT2D eigenvalue weighted by atomic mass is 32.2. The Morgan fingerprint density at radius 2 is 1.90 bits per heavy atom. The van der Waals surface area contributed by atoms with Gasteiger partial charge in [-0.05, 0) is 43.5 Å². The zero-order valence-electron chi connectivity index (χ0n) is 15.9. The normalized spacial score (nSPS) is 26.7. The number of hydrogen-bond donors (Lipinski definition) is 2. The molecule has 7 nitrogen and oxygen atoms in total. The van der Waals surface area contributed by atoms with E-state index in [1.807, 2.05) is 0 Å². The number of piperidine rings is 1. The van der Waals surface area contributed by atoms with Crippen molar-refractivity contribution < 1.29 is 31.5 Å². The van der Waals surface area contributed by atoms with Gasteiger partial charge in [-0.1, -0.05) is 0 Å². The number of amides is 1. The zero-order valence-corrected chi connectivity index (χ0v) is 16.8. The Bertz CT molecular complexity index is 860. The van der Waals surface area contributed by atoms with Crippen LogP contribution in [0.4, 0.5) is 18.9 Å². The fraction of sp³-hybridized carbons (Fsp3) is 0.611. The number of anilines is 1. The van der Waals surface area contributed by atoms with Crippen LogP contribution < -0.4 is 5.32 Å². The maximum atomic E-state index is 12.6. The SMILES string of the molecule is CS(=O)(=O)N1CCC[C@@]12CCN(CC(=O)Nc1ccc(C(F)(F)F)cc1)C[C@@H]2O. The van der Waals surface area contributed by atoms with Crippen LogP contribution in [0.2, 0.25) is 0 Å². The van der Waals surface area contributed by atoms with Gasteiger partial charge in [0.15, 0.2) is 0 Å². The number of likely N-dealkylation sites (tertiary alicyclic amines) is 1. The minimum Gasteiger partial charge on any atom is -0.390 e. The maximum Gasteiger partial charge on any atom is 0.416 e. The molecule has 1 aromatic carbocycles. The molecule has 2 N–H and O–H groups in total. The summed E-state index contributed by atoms with van der Waals surface area (Å²) >= 11 is 0. The van der Waals surface area contributed by atoms with E-state index in [2.05, 4.69) is 5.32 Å². The Kier molecular flexibility index (Phi) is 5.96. The zero-order chi connectivity index (χ0) is 21.4. The summed E-state index contributed by atoms with van der Waals surface area (Å²) in [5, 5.41) is 13.2. The van der Waals surface area contributed by atoms with E-state index in [-0.39, 0.29) is 18.8 Å². The van der Waals surface area contributed by atoms with E-state index in [0.717, 1.165) is 18.4 Å². The van der Waals surface area contributed by atoms with Gasteiger partial charge in [-0.2, -0.15) is 17.5 Å². The first kappa shape index (κ1) is 22.0. The molecule has 11 heteroatoms. The van der Waals surface area contributed by atoms with Crippen molar-refractivity contribution in [3.63, 3.8) is 0 Å². The lowest BCUT2D eigenvalue weighted by Gasteiger charge is -2.47. The summed E-state index contributed by atoms with van der Waals surface area (Å²) in [7, 11) is -3.44. The van der Waals surface area contributed by atoms with Crippen molar-refractivity contribution in [2.75, 3.05) is 37.8 Å². The van der Waals surface area contributed by atoms with Crippen LogP contribution in [0.15, 0.2) is 24.3 Å². The van der Waals surface area contributed by atoms with Crippen LogP contribution in [0.1, 0.15) is 24.8 Å². The minimum atomic E-state index is -4.44. The van der Waals surface area contributed by atoms with Gasteiger partial charge in [0.1, 0.15) is 0 Å². The molecule has 162 valence electrons. The van der Waals surface area contributed by atoms with E-state index in [4.69, 9.17) is 0 Å². The van der Waals surface area contributed by atoms with Gasteiger partial charge in [0.05, 0.1) is 30.0 Å². The fourth-order valence-corrected chi connectivity index (χ4v) is 5.69. The van der Waals surface area contributed by atoms with Crippen LogP contribution in [0.3, 0.4) is 0 Å². The Morgan fingerprint density at radius 3 is 2.45 bits per heavy atom. The van der Waals surface area contributed by atoms with Crippen molar-refractivity contribution in [2.45, 2.75) is 37.1 Å². The van der Waals surface area contributed by atoms with E-state index in [1.54, 1.807) is 4.90 Å². The van der Waals surface area contributed by atoms with Gasteiger partial charge in [0.2, 0.25) is 15.9 Å². The largest absolute Gasteiger partial charge is 0.416 e. The van der Waals surface area contributed by atoms with Crippen LogP contribution >= 0.6 is 0 Å². The molecule has 2 atom stereocenters. The molecule has 29 heavy (non-hydrogen) atoms. The number of carbonyl (C=O) groups excluding carboxylic acids is 1. The smallest absolute Gasteiger partial charge is 0.390 e. The van der Waals surface area contributed by atoms with Crippen molar-refractivity contribution in [3.05, 3.63) is 29.8 Å². The predicted molar refractivity (Wildman–Crippen MR) is 101 cm³/mol. The van der Waals surface area contributed by atoms with Gasteiger partial charge >= 0.3 is 6.18 Å². The lowest BCUT2D eigenvalue weighted by molar-refractivity contribution is -0.137. The summed E-state index contributed by atoms with van der Waals surface area (Å²) < 4.78 is 63.3. The van der Waals surface area contributed by atoms with Crippen molar-refractivity contribution in [1.82, 2.24) is 9.21 Å². The topological polar surface area (TPSA) is 90.0 Å². The lowest BCUT2D eigenvalue weighted by atomic mass is 9.83. The van der Waals surface area contributed by atoms with Gasteiger partial charge in [-0.15, -0.1) is 0 Å². The third-order valence-electron chi connectivity index (χ3n) is 5.64. The molecule has 1 aromatic rings. The van der Waals surface area contributed by atoms with Crippen molar-refractivity contribution in [3.8, 4) is 0 Å². The quantitative estimate of drug-likeness (QED) is 0.748. The molecule has 0 saturated carbocycles. The predicted octanol–water partition coefficient (Wildman–Crippen LogP) is 1.50. The standard InChI is InChI=1S/C18H24F3N3O4S/c1-29(27,28)24-9-2-7-17(24)8-10-23(11-15(17)25)12-16(26)22-14-5-3-13(4-6-14)18(19,20)21/h3-6,15,25H,2,7-12H2,1H3,(H,22,26)/t15-,17-/m0/s1. The number of aliphatic hydroxyl groups is 1. The number of sulfonamides is 1. The van der Waals surface area contributed by atoms with Gasteiger partial charge in [0, 0.05) is 25.3 Å². The molecule has 2 aliphatic rings. The number of β-amino-alcohol motifs (C(OH)–C–C–N with tert-alkyl or cyclic N) is 1. The van der Waals surface area contributed by atoms with Crippen LogP contribution in [-0.4, -0.2) is 72.7 Å². The third-order valence-corrected chi connectivity index (χ3v) is 6.99. The molecule has 0 unspecified atom stereocenters. The molecule has 2 heterocycles. The molecule has 0 radical (unpaired) electrons. The summed E-state index contributed by atoms with van der Waals surface area (Å²) in [6, 6.07) is 4.15. The monoisotopic (exact) mass is 435 g/mol. The van der Waals surface area contributed by atoms with Crippen molar-refractivity contribution in [2.24, 2.45) is 0 Å². The van der Waals surface area contributed by atoms with Crippen LogP contribution in [0.5, 0.6) is 0 Å². The van der Waals surface area contributed by atoms with Crippen molar-refractivity contribution in [1.29, 1.82) is 0 Å². The molecule has 2 saturated heterocycles. The van der Waals surface area contributed by atoms with E-state index < -0.39 is 39.3 Å². The summed E-state index contributed by atoms with van der Waals surface area (Å²) in [4.78, 5) is 14.0. The first-order chi connectivity index (χ1) is 13.4. The van der Waals surface area contributed by atoms with E-state index in [0.29, 0.717) is 32.4 Å². The lowest BCUT2D eigenvalue weighted by Crippen LogP contribution is -2.63. The number of nitrogens with zero attached hydrogens (tertiary/aromatic N) is 2. The molecule has 2 aliphatic heterocycles. The third kappa shape index (κ3) is 4.73. The van der Waals surface area contributed by atoms with Crippen LogP contribution in [0, 0.1) is 0 Å². The summed E-state index contributed by atoms with van der Waals surface area (Å²) in [6.07, 6.45) is -2.56.